The van der Waals surface area contributed by atoms with Crippen molar-refractivity contribution in [3.05, 3.63) is 59.7 Å². The summed E-state index contributed by atoms with van der Waals surface area (Å²) in [7, 11) is 0. The number of ketones is 1. The number of aldehydes is 1. The lowest BCUT2D eigenvalue weighted by Crippen LogP contribution is -2.38. The molecule has 0 aliphatic rings. The Labute approximate surface area is 137 Å². The van der Waals surface area contributed by atoms with Gasteiger partial charge in [0.2, 0.25) is 0 Å². The molecule has 0 spiro atoms. The zero-order valence-corrected chi connectivity index (χ0v) is 14.2. The summed E-state index contributed by atoms with van der Waals surface area (Å²) in [6, 6.07) is 15.6. The summed E-state index contributed by atoms with van der Waals surface area (Å²) in [5.74, 6) is -0.154. The van der Waals surface area contributed by atoms with Crippen molar-refractivity contribution >= 4 is 23.4 Å². The molecule has 0 atom stereocenters. The van der Waals surface area contributed by atoms with Gasteiger partial charge >= 0.3 is 0 Å². The quantitative estimate of drug-likeness (QED) is 0.456. The second-order valence-corrected chi connectivity index (χ2v) is 6.60. The Morgan fingerprint density at radius 3 is 2.13 bits per heavy atom. The molecule has 0 aliphatic heterocycles. The predicted molar refractivity (Wildman–Crippen MR) is 94.5 cm³/mol. The van der Waals surface area contributed by atoms with Crippen LogP contribution < -0.4 is 4.90 Å². The van der Waals surface area contributed by atoms with Crippen LogP contribution in [0.2, 0.25) is 0 Å². The first-order chi connectivity index (χ1) is 10.9. The number of Topliss-reactive ketones (excluding diaryl/α,β-unsaturated/α-hetero) is 1. The van der Waals surface area contributed by atoms with Crippen molar-refractivity contribution in [1.82, 2.24) is 0 Å². The molecule has 0 aliphatic carbocycles. The van der Waals surface area contributed by atoms with Crippen LogP contribution >= 0.6 is 0 Å². The van der Waals surface area contributed by atoms with E-state index in [-0.39, 0.29) is 17.7 Å². The number of hydrogen-bond donors (Lipinski definition) is 0. The van der Waals surface area contributed by atoms with E-state index in [4.69, 9.17) is 0 Å². The molecule has 0 amide bonds. The third-order valence-electron chi connectivity index (χ3n) is 3.74. The Morgan fingerprint density at radius 1 is 1.00 bits per heavy atom. The monoisotopic (exact) mass is 309 g/mol. The van der Waals surface area contributed by atoms with Crippen LogP contribution in [-0.4, -0.2) is 17.6 Å². The van der Waals surface area contributed by atoms with Crippen LogP contribution in [0, 0.1) is 6.92 Å². The molecule has 0 fully saturated rings. The van der Waals surface area contributed by atoms with Crippen LogP contribution in [0.25, 0.3) is 0 Å². The van der Waals surface area contributed by atoms with E-state index in [2.05, 4.69) is 44.7 Å². The highest BCUT2D eigenvalue weighted by molar-refractivity contribution is 6.07. The van der Waals surface area contributed by atoms with E-state index in [0.29, 0.717) is 11.8 Å². The van der Waals surface area contributed by atoms with Crippen molar-refractivity contribution in [2.45, 2.75) is 39.7 Å². The molecule has 0 N–H and O–H groups in total. The zero-order chi connectivity index (χ0) is 17.0. The minimum Gasteiger partial charge on any atom is -0.335 e. The lowest BCUT2D eigenvalue weighted by Gasteiger charge is -2.39. The van der Waals surface area contributed by atoms with E-state index in [1.807, 2.05) is 30.3 Å². The smallest absolute Gasteiger partial charge is 0.172 e. The summed E-state index contributed by atoms with van der Waals surface area (Å²) in [6.45, 7) is 8.39. The number of para-hydroxylation sites is 2. The largest absolute Gasteiger partial charge is 0.335 e. The van der Waals surface area contributed by atoms with E-state index in [9.17, 15) is 9.59 Å². The van der Waals surface area contributed by atoms with Crippen molar-refractivity contribution in [3.63, 3.8) is 0 Å². The molecule has 0 aromatic heterocycles. The maximum absolute atomic E-state index is 12.4. The van der Waals surface area contributed by atoms with E-state index in [1.54, 1.807) is 6.07 Å². The molecule has 3 heteroatoms. The number of aryl methyl sites for hydroxylation is 1. The van der Waals surface area contributed by atoms with Gasteiger partial charge < -0.3 is 9.69 Å². The minimum absolute atomic E-state index is 0.0945. The van der Waals surface area contributed by atoms with Crippen molar-refractivity contribution in [3.8, 4) is 0 Å². The third kappa shape index (κ3) is 3.67. The lowest BCUT2D eigenvalue weighted by atomic mass is 9.97. The van der Waals surface area contributed by atoms with Gasteiger partial charge in [-0.3, -0.25) is 4.79 Å². The Hall–Kier alpha value is -2.42. The second-order valence-electron chi connectivity index (χ2n) is 6.60. The molecular formula is C20H23NO2. The molecule has 3 nitrogen and oxygen atoms in total. The molecule has 0 unspecified atom stereocenters. The number of carbonyl (C=O) groups excluding carboxylic acids is 2. The summed E-state index contributed by atoms with van der Waals surface area (Å²) < 4.78 is 0. The Morgan fingerprint density at radius 2 is 1.57 bits per heavy atom. The van der Waals surface area contributed by atoms with Gasteiger partial charge in [0.1, 0.15) is 6.29 Å². The molecule has 0 bridgehead atoms. The molecule has 0 saturated carbocycles. The molecule has 0 radical (unpaired) electrons. The number of rotatable bonds is 5. The van der Waals surface area contributed by atoms with Gasteiger partial charge in [-0.2, -0.15) is 0 Å². The molecule has 2 rings (SSSR count). The highest BCUT2D eigenvalue weighted by atomic mass is 16.1. The summed E-state index contributed by atoms with van der Waals surface area (Å²) in [5, 5.41) is 0. The van der Waals surface area contributed by atoms with Gasteiger partial charge in [0, 0.05) is 16.8 Å². The second kappa shape index (κ2) is 6.78. The van der Waals surface area contributed by atoms with Gasteiger partial charge in [-0.1, -0.05) is 30.3 Å². The maximum Gasteiger partial charge on any atom is 0.172 e. The third-order valence-corrected chi connectivity index (χ3v) is 3.74. The fraction of sp³-hybridized carbons (Fsp3) is 0.300. The fourth-order valence-electron chi connectivity index (χ4n) is 2.76. The van der Waals surface area contributed by atoms with E-state index >= 15 is 0 Å². The summed E-state index contributed by atoms with van der Waals surface area (Å²) >= 11 is 0. The average Bonchev–Trinajstić information content (AvgIpc) is 2.49. The van der Waals surface area contributed by atoms with E-state index in [1.165, 1.54) is 0 Å². The highest BCUT2D eigenvalue weighted by Gasteiger charge is 2.27. The van der Waals surface area contributed by atoms with E-state index in [0.717, 1.165) is 16.9 Å². The van der Waals surface area contributed by atoms with Crippen molar-refractivity contribution in [1.29, 1.82) is 0 Å². The first-order valence-electron chi connectivity index (χ1n) is 7.78. The molecular weight excluding hydrogens is 286 g/mol. The highest BCUT2D eigenvalue weighted by Crippen LogP contribution is 2.37. The summed E-state index contributed by atoms with van der Waals surface area (Å²) in [4.78, 5) is 25.3. The first kappa shape index (κ1) is 16.9. The topological polar surface area (TPSA) is 37.4 Å². The number of hydrogen-bond acceptors (Lipinski definition) is 3. The van der Waals surface area contributed by atoms with Gasteiger partial charge in [0.15, 0.2) is 5.78 Å². The van der Waals surface area contributed by atoms with Gasteiger partial charge in [-0.15, -0.1) is 0 Å². The average molecular weight is 309 g/mol. The standard InChI is InChI=1S/C20H23NO2/c1-15-9-5-7-11-17(15)21(20(2,3)4)18-12-8-6-10-16(18)19(23)13-14-22/h5-12,14H,13H2,1-4H3. The number of benzene rings is 2. The van der Waals surface area contributed by atoms with Crippen LogP contribution in [0.15, 0.2) is 48.5 Å². The molecule has 120 valence electrons. The molecule has 2 aromatic carbocycles. The van der Waals surface area contributed by atoms with Crippen LogP contribution in [0.3, 0.4) is 0 Å². The Kier molecular flexibility index (Phi) is 4.99. The zero-order valence-electron chi connectivity index (χ0n) is 14.2. The number of carbonyl (C=O) groups is 2. The maximum atomic E-state index is 12.4. The summed E-state index contributed by atoms with van der Waals surface area (Å²) in [6.07, 6.45) is 0.567. The first-order valence-corrected chi connectivity index (χ1v) is 7.78. The van der Waals surface area contributed by atoms with Crippen LogP contribution in [0.5, 0.6) is 0 Å². The van der Waals surface area contributed by atoms with Crippen LogP contribution in [-0.2, 0) is 4.79 Å². The molecule has 0 saturated heterocycles. The van der Waals surface area contributed by atoms with Crippen molar-refractivity contribution < 1.29 is 9.59 Å². The Bertz CT molecular complexity index is 714. The Balaban J connectivity index is 2.65. The van der Waals surface area contributed by atoms with Crippen LogP contribution in [0.1, 0.15) is 43.1 Å². The summed E-state index contributed by atoms with van der Waals surface area (Å²) in [5.41, 5.74) is 3.40. The van der Waals surface area contributed by atoms with Crippen LogP contribution in [0.4, 0.5) is 11.4 Å². The normalized spacial score (nSPS) is 11.1. The fourth-order valence-corrected chi connectivity index (χ4v) is 2.76. The van der Waals surface area contributed by atoms with Gasteiger partial charge in [-0.25, -0.2) is 0 Å². The SMILES string of the molecule is Cc1ccccc1N(c1ccccc1C(=O)CC=O)C(C)(C)C. The van der Waals surface area contributed by atoms with Gasteiger partial charge in [-0.05, 0) is 51.5 Å². The predicted octanol–water partition coefficient (Wildman–Crippen LogP) is 4.70. The molecule has 23 heavy (non-hydrogen) atoms. The molecule has 0 heterocycles. The lowest BCUT2D eigenvalue weighted by molar-refractivity contribution is -0.107. The van der Waals surface area contributed by atoms with Gasteiger partial charge in [0.05, 0.1) is 12.1 Å². The van der Waals surface area contributed by atoms with Crippen molar-refractivity contribution in [2.24, 2.45) is 0 Å². The van der Waals surface area contributed by atoms with E-state index < -0.39 is 0 Å². The van der Waals surface area contributed by atoms with Gasteiger partial charge in [0.25, 0.3) is 0 Å². The number of anilines is 2. The molecule has 2 aromatic rings. The minimum atomic E-state index is -0.219. The number of nitrogens with zero attached hydrogens (tertiary/aromatic N) is 1. The van der Waals surface area contributed by atoms with Crippen molar-refractivity contribution in [2.75, 3.05) is 4.90 Å².